The quantitative estimate of drug-likeness (QED) is 0.622. The zero-order chi connectivity index (χ0) is 17.7. The Morgan fingerprint density at radius 3 is 2.42 bits per heavy atom. The fraction of sp³-hybridized carbons (Fsp3) is 0.438. The zero-order valence-corrected chi connectivity index (χ0v) is 17.0. The van der Waals surface area contributed by atoms with Crippen LogP contribution < -0.4 is 14.8 Å². The molecule has 1 aromatic heterocycles. The van der Waals surface area contributed by atoms with Crippen LogP contribution in [0.1, 0.15) is 48.0 Å². The lowest BCUT2D eigenvalue weighted by molar-refractivity contribution is 0.102. The third-order valence-electron chi connectivity index (χ3n) is 3.71. The number of nitrogens with one attached hydrogen (secondary N) is 1. The number of hydrogen-bond donors (Lipinski definition) is 1. The molecule has 0 aliphatic carbocycles. The molecule has 8 heteroatoms. The van der Waals surface area contributed by atoms with Gasteiger partial charge < -0.3 is 9.47 Å². The van der Waals surface area contributed by atoms with Crippen LogP contribution in [0.15, 0.2) is 12.1 Å². The third kappa shape index (κ3) is 4.15. The normalized spacial score (nSPS) is 10.8. The second kappa shape index (κ2) is 8.61. The summed E-state index contributed by atoms with van der Waals surface area (Å²) >= 11 is 3.52. The van der Waals surface area contributed by atoms with Crippen LogP contribution in [0.4, 0.5) is 5.13 Å². The van der Waals surface area contributed by atoms with Crippen molar-refractivity contribution in [3.05, 3.63) is 26.3 Å². The van der Waals surface area contributed by atoms with E-state index in [0.717, 1.165) is 21.4 Å². The molecule has 0 unspecified atom stereocenters. The number of halogens is 1. The second-order valence-corrected chi connectivity index (χ2v) is 7.27. The summed E-state index contributed by atoms with van der Waals surface area (Å²) in [5.41, 5.74) is 0.507. The van der Waals surface area contributed by atoms with Gasteiger partial charge in [-0.3, -0.25) is 10.1 Å². The molecule has 0 saturated heterocycles. The van der Waals surface area contributed by atoms with Gasteiger partial charge in [-0.2, -0.15) is 0 Å². The summed E-state index contributed by atoms with van der Waals surface area (Å²) in [5.74, 6) is 1.24. The minimum Gasteiger partial charge on any atom is -0.493 e. The Morgan fingerprint density at radius 2 is 1.83 bits per heavy atom. The molecule has 0 aliphatic rings. The minimum absolute atomic E-state index is 0.243. The van der Waals surface area contributed by atoms with Crippen LogP contribution >= 0.6 is 33.9 Å². The van der Waals surface area contributed by atoms with Crippen molar-refractivity contribution < 1.29 is 14.3 Å². The van der Waals surface area contributed by atoms with Crippen molar-refractivity contribution in [3.63, 3.8) is 0 Å². The molecule has 1 N–H and O–H groups in total. The molecule has 1 heterocycles. The fourth-order valence-electron chi connectivity index (χ4n) is 2.28. The van der Waals surface area contributed by atoms with Gasteiger partial charge in [0.25, 0.3) is 5.91 Å². The highest BCUT2D eigenvalue weighted by molar-refractivity contribution is 14.1. The Kier molecular flexibility index (Phi) is 6.79. The van der Waals surface area contributed by atoms with Crippen LogP contribution in [0, 0.1) is 3.57 Å². The van der Waals surface area contributed by atoms with Gasteiger partial charge in [0.05, 0.1) is 19.8 Å². The molecule has 0 spiro atoms. The van der Waals surface area contributed by atoms with Crippen molar-refractivity contribution in [1.82, 2.24) is 10.2 Å². The van der Waals surface area contributed by atoms with Gasteiger partial charge in [-0.05, 0) is 47.6 Å². The SMILES string of the molecule is CCC(CC)c1nnc(NC(=O)c2cc(OC)c(OC)cc2I)s1. The maximum Gasteiger partial charge on any atom is 0.258 e. The molecular formula is C16H20IN3O3S. The minimum atomic E-state index is -0.243. The van der Waals surface area contributed by atoms with E-state index in [9.17, 15) is 4.79 Å². The lowest BCUT2D eigenvalue weighted by atomic mass is 10.1. The number of anilines is 1. The average molecular weight is 461 g/mol. The monoisotopic (exact) mass is 461 g/mol. The Balaban J connectivity index is 2.21. The number of hydrogen-bond acceptors (Lipinski definition) is 6. The highest BCUT2D eigenvalue weighted by Crippen LogP contribution is 2.32. The third-order valence-corrected chi connectivity index (χ3v) is 5.61. The van der Waals surface area contributed by atoms with Crippen LogP contribution in [0.25, 0.3) is 0 Å². The van der Waals surface area contributed by atoms with E-state index >= 15 is 0 Å². The molecule has 130 valence electrons. The Bertz CT molecular complexity index is 717. The van der Waals surface area contributed by atoms with E-state index in [2.05, 4.69) is 52.0 Å². The first-order chi connectivity index (χ1) is 11.5. The van der Waals surface area contributed by atoms with Crippen molar-refractivity contribution >= 4 is 45.0 Å². The maximum absolute atomic E-state index is 12.5. The number of carbonyl (C=O) groups is 1. The van der Waals surface area contributed by atoms with Gasteiger partial charge in [0.15, 0.2) is 11.5 Å². The number of ether oxygens (including phenoxy) is 2. The predicted octanol–water partition coefficient (Wildman–Crippen LogP) is 4.32. The van der Waals surface area contributed by atoms with Crippen LogP contribution in [0.2, 0.25) is 0 Å². The molecule has 0 radical (unpaired) electrons. The van der Waals surface area contributed by atoms with Gasteiger partial charge in [-0.15, -0.1) is 10.2 Å². The molecule has 0 fully saturated rings. The summed E-state index contributed by atoms with van der Waals surface area (Å²) in [6.07, 6.45) is 2.01. The molecular weight excluding hydrogens is 441 g/mol. The van der Waals surface area contributed by atoms with Gasteiger partial charge in [0.2, 0.25) is 5.13 Å². The van der Waals surface area contributed by atoms with Gasteiger partial charge in [0.1, 0.15) is 5.01 Å². The van der Waals surface area contributed by atoms with Gasteiger partial charge >= 0.3 is 0 Å². The summed E-state index contributed by atoms with van der Waals surface area (Å²) in [5, 5.41) is 12.6. The lowest BCUT2D eigenvalue weighted by Gasteiger charge is -2.11. The van der Waals surface area contributed by atoms with E-state index in [1.807, 2.05) is 0 Å². The highest BCUT2D eigenvalue weighted by Gasteiger charge is 2.18. The summed E-state index contributed by atoms with van der Waals surface area (Å²) < 4.78 is 11.3. The Morgan fingerprint density at radius 1 is 1.21 bits per heavy atom. The molecule has 6 nitrogen and oxygen atoms in total. The number of aromatic nitrogens is 2. The second-order valence-electron chi connectivity index (χ2n) is 5.10. The smallest absolute Gasteiger partial charge is 0.258 e. The average Bonchev–Trinajstić information content (AvgIpc) is 3.03. The van der Waals surface area contributed by atoms with E-state index in [4.69, 9.17) is 9.47 Å². The number of carbonyl (C=O) groups excluding carboxylic acids is 1. The van der Waals surface area contributed by atoms with Crippen LogP contribution in [0.3, 0.4) is 0 Å². The molecule has 1 amide bonds. The van der Waals surface area contributed by atoms with Crippen molar-refractivity contribution in [3.8, 4) is 11.5 Å². The van der Waals surface area contributed by atoms with E-state index < -0.39 is 0 Å². The molecule has 0 saturated carbocycles. The van der Waals surface area contributed by atoms with Gasteiger partial charge in [0, 0.05) is 9.49 Å². The molecule has 0 aliphatic heterocycles. The molecule has 2 aromatic rings. The zero-order valence-electron chi connectivity index (χ0n) is 14.1. The van der Waals surface area contributed by atoms with E-state index in [1.54, 1.807) is 26.4 Å². The van der Waals surface area contributed by atoms with Crippen molar-refractivity contribution in [1.29, 1.82) is 0 Å². The molecule has 0 atom stereocenters. The first-order valence-corrected chi connectivity index (χ1v) is 9.49. The summed E-state index contributed by atoms with van der Waals surface area (Å²) in [6.45, 7) is 4.25. The Hall–Kier alpha value is -1.42. The number of nitrogens with zero attached hydrogens (tertiary/aromatic N) is 2. The predicted molar refractivity (Wildman–Crippen MR) is 103 cm³/mol. The van der Waals surface area contributed by atoms with Crippen molar-refractivity contribution in [2.75, 3.05) is 19.5 Å². The van der Waals surface area contributed by atoms with Crippen LogP contribution in [0.5, 0.6) is 11.5 Å². The number of amides is 1. The fourth-order valence-corrected chi connectivity index (χ4v) is 3.97. The molecule has 24 heavy (non-hydrogen) atoms. The number of benzene rings is 1. The first-order valence-electron chi connectivity index (χ1n) is 7.60. The van der Waals surface area contributed by atoms with Crippen LogP contribution in [-0.2, 0) is 0 Å². The van der Waals surface area contributed by atoms with Gasteiger partial charge in [-0.1, -0.05) is 25.2 Å². The summed E-state index contributed by atoms with van der Waals surface area (Å²) in [7, 11) is 3.10. The first kappa shape index (κ1) is 18.9. The van der Waals surface area contributed by atoms with E-state index in [0.29, 0.717) is 28.1 Å². The number of rotatable bonds is 7. The van der Waals surface area contributed by atoms with Gasteiger partial charge in [-0.25, -0.2) is 0 Å². The summed E-state index contributed by atoms with van der Waals surface area (Å²) in [6, 6.07) is 3.43. The van der Waals surface area contributed by atoms with Crippen LogP contribution in [-0.4, -0.2) is 30.3 Å². The van der Waals surface area contributed by atoms with Crippen molar-refractivity contribution in [2.45, 2.75) is 32.6 Å². The van der Waals surface area contributed by atoms with Crippen molar-refractivity contribution in [2.24, 2.45) is 0 Å². The summed E-state index contributed by atoms with van der Waals surface area (Å²) in [4.78, 5) is 12.5. The molecule has 2 rings (SSSR count). The topological polar surface area (TPSA) is 73.3 Å². The highest BCUT2D eigenvalue weighted by atomic mass is 127. The largest absolute Gasteiger partial charge is 0.493 e. The maximum atomic E-state index is 12.5. The molecule has 1 aromatic carbocycles. The standard InChI is InChI=1S/C16H20IN3O3S/c1-5-9(6-2)15-19-20-16(24-15)18-14(21)10-7-12(22-3)13(23-4)8-11(10)17/h7-9H,5-6H2,1-4H3,(H,18,20,21). The molecule has 0 bridgehead atoms. The van der Waals surface area contributed by atoms with E-state index in [1.165, 1.54) is 11.3 Å². The Labute approximate surface area is 159 Å². The lowest BCUT2D eigenvalue weighted by Crippen LogP contribution is -2.13. The van der Waals surface area contributed by atoms with E-state index in [-0.39, 0.29) is 5.91 Å². The number of methoxy groups -OCH3 is 2.